The van der Waals surface area contributed by atoms with E-state index in [1.165, 1.54) is 13.3 Å². The van der Waals surface area contributed by atoms with Gasteiger partial charge in [0.25, 0.3) is 0 Å². The number of hydrogen-bond acceptors (Lipinski definition) is 4. The first-order valence-electron chi connectivity index (χ1n) is 3.99. The second kappa shape index (κ2) is 7.53. The van der Waals surface area contributed by atoms with Gasteiger partial charge in [-0.15, -0.1) is 6.58 Å². The van der Waals surface area contributed by atoms with Crippen molar-refractivity contribution in [3.05, 3.63) is 24.4 Å². The molecule has 0 aliphatic rings. The Labute approximate surface area is 93.4 Å². The van der Waals surface area contributed by atoms with Crippen molar-refractivity contribution >= 4 is 23.3 Å². The molecular weight excluding hydrogens is 214 g/mol. The van der Waals surface area contributed by atoms with Gasteiger partial charge < -0.3 is 15.4 Å². The summed E-state index contributed by atoms with van der Waals surface area (Å²) < 4.78 is 4.37. The summed E-state index contributed by atoms with van der Waals surface area (Å²) >= 11 is 4.83. The van der Waals surface area contributed by atoms with Crippen molar-refractivity contribution in [2.45, 2.75) is 0 Å². The average molecular weight is 225 g/mol. The molecule has 0 atom stereocenters. The molecule has 0 rings (SSSR count). The number of nitrogens with zero attached hydrogens (tertiary/aromatic N) is 1. The van der Waals surface area contributed by atoms with Crippen LogP contribution in [0.3, 0.4) is 0 Å². The van der Waals surface area contributed by atoms with Gasteiger partial charge in [-0.25, -0.2) is 4.79 Å². The van der Waals surface area contributed by atoms with Gasteiger partial charge in [0.1, 0.15) is 6.07 Å². The monoisotopic (exact) mass is 225 g/mol. The number of rotatable bonds is 4. The molecule has 0 unspecified atom stereocenters. The third-order valence-electron chi connectivity index (χ3n) is 1.28. The Morgan fingerprint density at radius 2 is 2.40 bits per heavy atom. The Morgan fingerprint density at radius 3 is 2.87 bits per heavy atom. The van der Waals surface area contributed by atoms with E-state index in [-0.39, 0.29) is 5.57 Å². The van der Waals surface area contributed by atoms with Crippen LogP contribution >= 0.6 is 12.2 Å². The number of carbonyl (C=O) groups excluding carboxylic acids is 1. The summed E-state index contributed by atoms with van der Waals surface area (Å²) in [4.78, 5) is 10.9. The van der Waals surface area contributed by atoms with Crippen molar-refractivity contribution in [3.63, 3.8) is 0 Å². The fourth-order valence-corrected chi connectivity index (χ4v) is 0.743. The largest absolute Gasteiger partial charge is 0.465 e. The maximum Gasteiger partial charge on any atom is 0.350 e. The number of hydrogen-bond donors (Lipinski definition) is 2. The van der Waals surface area contributed by atoms with Gasteiger partial charge in [-0.05, 0) is 12.2 Å². The minimum atomic E-state index is -0.712. The van der Waals surface area contributed by atoms with Crippen LogP contribution in [0.2, 0.25) is 0 Å². The summed E-state index contributed by atoms with van der Waals surface area (Å²) in [5, 5.41) is 14.2. The van der Waals surface area contributed by atoms with Gasteiger partial charge >= 0.3 is 5.97 Å². The maximum absolute atomic E-state index is 10.9. The van der Waals surface area contributed by atoms with Gasteiger partial charge in [-0.1, -0.05) is 6.08 Å². The van der Waals surface area contributed by atoms with Gasteiger partial charge in [-0.3, -0.25) is 0 Å². The Balaban J connectivity index is 4.24. The molecular formula is C9H11N3O2S. The number of carbonyl (C=O) groups is 1. The van der Waals surface area contributed by atoms with Crippen LogP contribution in [0.1, 0.15) is 0 Å². The first-order chi connectivity index (χ1) is 7.15. The van der Waals surface area contributed by atoms with E-state index >= 15 is 0 Å². The summed E-state index contributed by atoms with van der Waals surface area (Å²) in [5.74, 6) is -0.712. The van der Waals surface area contributed by atoms with Crippen molar-refractivity contribution in [2.24, 2.45) is 0 Å². The van der Waals surface area contributed by atoms with Crippen molar-refractivity contribution < 1.29 is 9.53 Å². The molecule has 0 saturated heterocycles. The molecule has 0 aromatic carbocycles. The normalized spacial score (nSPS) is 9.73. The van der Waals surface area contributed by atoms with Crippen LogP contribution in [-0.4, -0.2) is 24.7 Å². The van der Waals surface area contributed by atoms with E-state index < -0.39 is 5.97 Å². The SMILES string of the molecule is C=CCNC(=S)N/C=C(\C#N)C(=O)OC. The minimum absolute atomic E-state index is 0.153. The highest BCUT2D eigenvalue weighted by Crippen LogP contribution is 1.92. The molecule has 0 amide bonds. The number of thiocarbonyl (C=S) groups is 1. The molecule has 0 aliphatic carbocycles. The molecule has 0 bridgehead atoms. The van der Waals surface area contributed by atoms with Crippen LogP contribution < -0.4 is 10.6 Å². The number of ether oxygens (including phenoxy) is 1. The Morgan fingerprint density at radius 1 is 1.73 bits per heavy atom. The van der Waals surface area contributed by atoms with Gasteiger partial charge in [-0.2, -0.15) is 5.26 Å². The quantitative estimate of drug-likeness (QED) is 0.234. The number of nitrogens with one attached hydrogen (secondary N) is 2. The van der Waals surface area contributed by atoms with E-state index in [2.05, 4.69) is 21.9 Å². The van der Waals surface area contributed by atoms with E-state index in [9.17, 15) is 4.79 Å². The van der Waals surface area contributed by atoms with E-state index in [0.717, 1.165) is 0 Å². The average Bonchev–Trinajstić information content (AvgIpc) is 2.26. The fraction of sp³-hybridized carbons (Fsp3) is 0.222. The van der Waals surface area contributed by atoms with Crippen LogP contribution in [0.4, 0.5) is 0 Å². The van der Waals surface area contributed by atoms with E-state index in [1.54, 1.807) is 12.1 Å². The second-order valence-corrected chi connectivity index (χ2v) is 2.71. The zero-order valence-electron chi connectivity index (χ0n) is 8.24. The minimum Gasteiger partial charge on any atom is -0.465 e. The molecule has 0 aromatic rings. The lowest BCUT2D eigenvalue weighted by Gasteiger charge is -2.04. The highest BCUT2D eigenvalue weighted by Gasteiger charge is 2.07. The molecule has 0 aromatic heterocycles. The number of nitriles is 1. The number of methoxy groups -OCH3 is 1. The standard InChI is InChI=1S/C9H11N3O2S/c1-3-4-11-9(15)12-6-7(5-10)8(13)14-2/h3,6H,1,4H2,2H3,(H2,11,12,15)/b7-6+. The molecule has 0 fully saturated rings. The lowest BCUT2D eigenvalue weighted by atomic mass is 10.3. The zero-order chi connectivity index (χ0) is 11.7. The summed E-state index contributed by atoms with van der Waals surface area (Å²) in [6.45, 7) is 3.99. The highest BCUT2D eigenvalue weighted by atomic mass is 32.1. The summed E-state index contributed by atoms with van der Waals surface area (Å²) in [6, 6.07) is 1.68. The first-order valence-corrected chi connectivity index (χ1v) is 4.40. The van der Waals surface area contributed by atoms with Crippen LogP contribution in [0, 0.1) is 11.3 Å². The topological polar surface area (TPSA) is 74.1 Å². The lowest BCUT2D eigenvalue weighted by molar-refractivity contribution is -0.135. The first kappa shape index (κ1) is 13.1. The second-order valence-electron chi connectivity index (χ2n) is 2.30. The van der Waals surface area contributed by atoms with Gasteiger partial charge in [0.15, 0.2) is 10.7 Å². The Hall–Kier alpha value is -1.87. The summed E-state index contributed by atoms with van der Waals surface area (Å²) in [7, 11) is 1.20. The molecule has 80 valence electrons. The zero-order valence-corrected chi connectivity index (χ0v) is 9.06. The van der Waals surface area contributed by atoms with Gasteiger partial charge in [0.2, 0.25) is 0 Å². The number of esters is 1. The molecule has 6 heteroatoms. The molecule has 15 heavy (non-hydrogen) atoms. The third kappa shape index (κ3) is 5.44. The van der Waals surface area contributed by atoms with Crippen LogP contribution in [-0.2, 0) is 9.53 Å². The maximum atomic E-state index is 10.9. The van der Waals surface area contributed by atoms with Crippen LogP contribution in [0.15, 0.2) is 24.4 Å². The Kier molecular flexibility index (Phi) is 6.59. The molecule has 2 N–H and O–H groups in total. The highest BCUT2D eigenvalue weighted by molar-refractivity contribution is 7.80. The van der Waals surface area contributed by atoms with Crippen molar-refractivity contribution in [2.75, 3.05) is 13.7 Å². The Bertz CT molecular complexity index is 331. The van der Waals surface area contributed by atoms with E-state index in [0.29, 0.717) is 11.7 Å². The lowest BCUT2D eigenvalue weighted by Crippen LogP contribution is -2.32. The molecule has 0 aliphatic heterocycles. The smallest absolute Gasteiger partial charge is 0.350 e. The third-order valence-corrected chi connectivity index (χ3v) is 1.54. The molecule has 0 spiro atoms. The van der Waals surface area contributed by atoms with Crippen LogP contribution in [0.5, 0.6) is 0 Å². The molecule has 0 saturated carbocycles. The van der Waals surface area contributed by atoms with Crippen molar-refractivity contribution in [1.29, 1.82) is 5.26 Å². The van der Waals surface area contributed by atoms with E-state index in [1.807, 2.05) is 0 Å². The fourth-order valence-electron chi connectivity index (χ4n) is 0.600. The van der Waals surface area contributed by atoms with Gasteiger partial charge in [0.05, 0.1) is 7.11 Å². The predicted octanol–water partition coefficient (Wildman–Crippen LogP) is 0.217. The molecule has 0 heterocycles. The van der Waals surface area contributed by atoms with Crippen LogP contribution in [0.25, 0.3) is 0 Å². The summed E-state index contributed by atoms with van der Waals surface area (Å²) in [6.07, 6.45) is 2.81. The van der Waals surface area contributed by atoms with E-state index in [4.69, 9.17) is 17.5 Å². The predicted molar refractivity (Wildman–Crippen MR) is 59.6 cm³/mol. The molecule has 0 radical (unpaired) electrons. The van der Waals surface area contributed by atoms with Crippen molar-refractivity contribution in [3.8, 4) is 6.07 Å². The van der Waals surface area contributed by atoms with Gasteiger partial charge in [0, 0.05) is 12.7 Å². The molecule has 5 nitrogen and oxygen atoms in total. The summed E-state index contributed by atoms with van der Waals surface area (Å²) in [5.41, 5.74) is -0.153. The van der Waals surface area contributed by atoms with Crippen molar-refractivity contribution in [1.82, 2.24) is 10.6 Å².